The molecule has 0 radical (unpaired) electrons. The Balaban J connectivity index is 1.83. The van der Waals surface area contributed by atoms with E-state index in [1.54, 1.807) is 39.0 Å². The average Bonchev–Trinajstić information content (AvgIpc) is 3.15. The van der Waals surface area contributed by atoms with Gasteiger partial charge in [0.15, 0.2) is 0 Å². The summed E-state index contributed by atoms with van der Waals surface area (Å²) in [5, 5.41) is 2.93. The topological polar surface area (TPSA) is 119 Å². The van der Waals surface area contributed by atoms with E-state index >= 15 is 0 Å². The Hall–Kier alpha value is -2.76. The summed E-state index contributed by atoms with van der Waals surface area (Å²) >= 11 is 0.945. The lowest BCUT2D eigenvalue weighted by molar-refractivity contribution is -0.120. The van der Waals surface area contributed by atoms with E-state index in [0.717, 1.165) is 11.3 Å². The van der Waals surface area contributed by atoms with Crippen LogP contribution in [0.1, 0.15) is 52.3 Å². The number of ether oxygens (including phenoxy) is 2. The molecule has 34 heavy (non-hydrogen) atoms. The number of hydrogen-bond donors (Lipinski definition) is 1. The van der Waals surface area contributed by atoms with Crippen molar-refractivity contribution in [1.82, 2.24) is 4.31 Å². The highest BCUT2D eigenvalue weighted by molar-refractivity contribution is 7.89. The van der Waals surface area contributed by atoms with Crippen molar-refractivity contribution in [2.45, 2.75) is 38.5 Å². The second-order valence-corrected chi connectivity index (χ2v) is 10.7. The Bertz CT molecular complexity index is 1160. The third kappa shape index (κ3) is 5.48. The molecule has 2 heterocycles. The van der Waals surface area contributed by atoms with Crippen LogP contribution in [0.25, 0.3) is 0 Å². The minimum atomic E-state index is -3.73. The van der Waals surface area contributed by atoms with Crippen LogP contribution in [-0.2, 0) is 24.3 Å². The molecule has 1 amide bonds. The highest BCUT2D eigenvalue weighted by Crippen LogP contribution is 2.35. The van der Waals surface area contributed by atoms with Gasteiger partial charge in [-0.3, -0.25) is 4.79 Å². The second kappa shape index (κ2) is 11.1. The number of nitrogens with one attached hydrogen (secondary N) is 1. The molecule has 1 unspecified atom stereocenters. The third-order valence-corrected chi connectivity index (χ3v) is 8.53. The number of amides is 1. The van der Waals surface area contributed by atoms with Gasteiger partial charge in [0, 0.05) is 13.1 Å². The molecule has 0 bridgehead atoms. The molecular formula is C23H28N2O7S2. The molecule has 0 aliphatic carbocycles. The number of piperidine rings is 1. The van der Waals surface area contributed by atoms with Crippen LogP contribution in [0.2, 0.25) is 0 Å². The van der Waals surface area contributed by atoms with Gasteiger partial charge in [0.05, 0.1) is 29.6 Å². The number of carbonyl (C=O) groups excluding carboxylic acids is 3. The van der Waals surface area contributed by atoms with E-state index in [0.29, 0.717) is 24.9 Å². The maximum atomic E-state index is 13.1. The molecule has 2 aromatic rings. The highest BCUT2D eigenvalue weighted by Gasteiger charge is 2.35. The molecule has 1 aromatic heterocycles. The zero-order chi connectivity index (χ0) is 24.9. The fourth-order valence-corrected chi connectivity index (χ4v) is 6.41. The summed E-state index contributed by atoms with van der Waals surface area (Å²) in [5.74, 6) is -2.28. The quantitative estimate of drug-likeness (QED) is 0.543. The number of benzene rings is 1. The van der Waals surface area contributed by atoms with Gasteiger partial charge in [-0.1, -0.05) is 18.2 Å². The molecule has 3 rings (SSSR count). The highest BCUT2D eigenvalue weighted by atomic mass is 32.2. The van der Waals surface area contributed by atoms with E-state index in [1.807, 2.05) is 0 Å². The number of nitrogens with zero attached hydrogens (tertiary/aromatic N) is 1. The fourth-order valence-electron chi connectivity index (χ4n) is 3.77. The van der Waals surface area contributed by atoms with Crippen molar-refractivity contribution in [3.05, 3.63) is 46.3 Å². The monoisotopic (exact) mass is 508 g/mol. The molecular weight excluding hydrogens is 480 g/mol. The van der Waals surface area contributed by atoms with E-state index in [-0.39, 0.29) is 40.1 Å². The van der Waals surface area contributed by atoms with Crippen molar-refractivity contribution in [3.63, 3.8) is 0 Å². The summed E-state index contributed by atoms with van der Waals surface area (Å²) in [7, 11) is -3.73. The molecule has 1 N–H and O–H groups in total. The van der Waals surface area contributed by atoms with Gasteiger partial charge in [0.2, 0.25) is 15.9 Å². The van der Waals surface area contributed by atoms with E-state index in [2.05, 4.69) is 5.32 Å². The summed E-state index contributed by atoms with van der Waals surface area (Å²) in [6.45, 7) is 5.57. The smallest absolute Gasteiger partial charge is 0.348 e. The Morgan fingerprint density at radius 2 is 1.74 bits per heavy atom. The van der Waals surface area contributed by atoms with Crippen LogP contribution in [0.4, 0.5) is 5.00 Å². The average molecular weight is 509 g/mol. The van der Waals surface area contributed by atoms with Gasteiger partial charge < -0.3 is 14.8 Å². The van der Waals surface area contributed by atoms with Gasteiger partial charge in [-0.05, 0) is 51.3 Å². The summed E-state index contributed by atoms with van der Waals surface area (Å²) in [5.41, 5.74) is 0.474. The van der Waals surface area contributed by atoms with Gasteiger partial charge in [0.25, 0.3) is 0 Å². The fraction of sp³-hybridized carbons (Fsp3) is 0.435. The van der Waals surface area contributed by atoms with E-state index in [9.17, 15) is 22.8 Å². The number of rotatable bonds is 8. The van der Waals surface area contributed by atoms with Gasteiger partial charge in [0.1, 0.15) is 9.88 Å². The lowest BCUT2D eigenvalue weighted by Crippen LogP contribution is -2.43. The maximum Gasteiger partial charge on any atom is 0.348 e. The van der Waals surface area contributed by atoms with Gasteiger partial charge in [-0.2, -0.15) is 4.31 Å². The lowest BCUT2D eigenvalue weighted by Gasteiger charge is -2.31. The SMILES string of the molecule is CCOC(=O)c1sc(NC(=O)C2CCCN(S(=O)(=O)c3ccccc3)C2)c(C(=O)OCC)c1C. The molecule has 1 aliphatic rings. The van der Waals surface area contributed by atoms with Crippen molar-refractivity contribution in [2.75, 3.05) is 31.6 Å². The molecule has 1 aromatic carbocycles. The molecule has 0 spiro atoms. The predicted octanol–water partition coefficient (Wildman–Crippen LogP) is 3.45. The third-order valence-electron chi connectivity index (χ3n) is 5.46. The number of hydrogen-bond acceptors (Lipinski definition) is 8. The van der Waals surface area contributed by atoms with Gasteiger partial charge in [-0.25, -0.2) is 18.0 Å². The molecule has 1 fully saturated rings. The van der Waals surface area contributed by atoms with Crippen LogP contribution in [0.15, 0.2) is 35.2 Å². The second-order valence-electron chi connectivity index (χ2n) is 7.71. The van der Waals surface area contributed by atoms with Crippen molar-refractivity contribution in [3.8, 4) is 0 Å². The first-order valence-electron chi connectivity index (χ1n) is 11.0. The van der Waals surface area contributed by atoms with Crippen LogP contribution in [0, 0.1) is 12.8 Å². The minimum Gasteiger partial charge on any atom is -0.462 e. The summed E-state index contributed by atoms with van der Waals surface area (Å²) in [6, 6.07) is 8.09. The first kappa shape index (κ1) is 25.9. The van der Waals surface area contributed by atoms with Crippen LogP contribution in [-0.4, -0.2) is 56.9 Å². The standard InChI is InChI=1S/C23H28N2O7S2/c1-4-31-22(27)18-15(3)19(23(28)32-5-2)33-21(18)24-20(26)16-10-9-13-25(14-16)34(29,30)17-11-7-6-8-12-17/h6-8,11-12,16H,4-5,9-10,13-14H2,1-3H3,(H,24,26). The van der Waals surface area contributed by atoms with E-state index in [1.165, 1.54) is 16.4 Å². The zero-order valence-corrected chi connectivity index (χ0v) is 21.0. The largest absolute Gasteiger partial charge is 0.462 e. The first-order valence-corrected chi connectivity index (χ1v) is 13.3. The number of esters is 2. The lowest BCUT2D eigenvalue weighted by atomic mass is 9.99. The Kier molecular flexibility index (Phi) is 8.45. The molecule has 1 atom stereocenters. The summed E-state index contributed by atoms with van der Waals surface area (Å²) in [6.07, 6.45) is 1.02. The number of thiophene rings is 1. The van der Waals surface area contributed by atoms with Gasteiger partial charge in [-0.15, -0.1) is 11.3 Å². The number of sulfonamides is 1. The van der Waals surface area contributed by atoms with Crippen molar-refractivity contribution >= 4 is 44.2 Å². The van der Waals surface area contributed by atoms with Crippen molar-refractivity contribution < 1.29 is 32.3 Å². The molecule has 0 saturated carbocycles. The number of anilines is 1. The zero-order valence-electron chi connectivity index (χ0n) is 19.3. The van der Waals surface area contributed by atoms with Crippen LogP contribution >= 0.6 is 11.3 Å². The van der Waals surface area contributed by atoms with Crippen LogP contribution in [0.3, 0.4) is 0 Å². The van der Waals surface area contributed by atoms with Crippen LogP contribution < -0.4 is 5.32 Å². The Labute approximate surface area is 203 Å². The minimum absolute atomic E-state index is 0.0207. The first-order chi connectivity index (χ1) is 16.2. The summed E-state index contributed by atoms with van der Waals surface area (Å²) in [4.78, 5) is 38.4. The molecule has 184 valence electrons. The Morgan fingerprint density at radius 3 is 2.38 bits per heavy atom. The maximum absolute atomic E-state index is 13.1. The summed E-state index contributed by atoms with van der Waals surface area (Å²) < 4.78 is 37.5. The van der Waals surface area contributed by atoms with E-state index in [4.69, 9.17) is 9.47 Å². The molecule has 1 aliphatic heterocycles. The van der Waals surface area contributed by atoms with Crippen molar-refractivity contribution in [2.24, 2.45) is 5.92 Å². The van der Waals surface area contributed by atoms with Crippen LogP contribution in [0.5, 0.6) is 0 Å². The van der Waals surface area contributed by atoms with Gasteiger partial charge >= 0.3 is 11.9 Å². The normalized spacial score (nSPS) is 16.6. The molecule has 11 heteroatoms. The molecule has 9 nitrogen and oxygen atoms in total. The Morgan fingerprint density at radius 1 is 1.09 bits per heavy atom. The van der Waals surface area contributed by atoms with Crippen molar-refractivity contribution in [1.29, 1.82) is 0 Å². The molecule has 1 saturated heterocycles. The van der Waals surface area contributed by atoms with E-state index < -0.39 is 33.8 Å². The number of carbonyl (C=O) groups is 3. The predicted molar refractivity (Wildman–Crippen MR) is 128 cm³/mol.